The van der Waals surface area contributed by atoms with Crippen LogP contribution in [0.4, 0.5) is 0 Å². The van der Waals surface area contributed by atoms with E-state index in [0.29, 0.717) is 18.3 Å². The summed E-state index contributed by atoms with van der Waals surface area (Å²) < 4.78 is 10.7. The van der Waals surface area contributed by atoms with Crippen molar-refractivity contribution in [2.45, 2.75) is 26.7 Å². The van der Waals surface area contributed by atoms with E-state index in [1.807, 2.05) is 44.2 Å². The van der Waals surface area contributed by atoms with Gasteiger partial charge in [-0.3, -0.25) is 0 Å². The summed E-state index contributed by atoms with van der Waals surface area (Å²) in [6.45, 7) is 6.01. The van der Waals surface area contributed by atoms with Crippen LogP contribution in [0.25, 0.3) is 11.5 Å². The Hall–Kier alpha value is -2.10. The van der Waals surface area contributed by atoms with Gasteiger partial charge in [0.05, 0.1) is 6.61 Å². The predicted molar refractivity (Wildman–Crippen MR) is 72.0 cm³/mol. The van der Waals surface area contributed by atoms with Crippen molar-refractivity contribution < 1.29 is 13.9 Å². The second kappa shape index (κ2) is 5.69. The fraction of sp³-hybridized carbons (Fsp3) is 0.333. The normalized spacial score (nSPS) is 10.7. The molecule has 100 valence electrons. The summed E-state index contributed by atoms with van der Waals surface area (Å²) in [6, 6.07) is 9.51. The van der Waals surface area contributed by atoms with E-state index in [9.17, 15) is 4.79 Å². The van der Waals surface area contributed by atoms with E-state index in [1.54, 1.807) is 6.92 Å². The highest BCUT2D eigenvalue weighted by Gasteiger charge is 2.23. The third kappa shape index (κ3) is 2.84. The first kappa shape index (κ1) is 13.3. The fourth-order valence-corrected chi connectivity index (χ4v) is 1.77. The first-order valence-electron chi connectivity index (χ1n) is 6.36. The van der Waals surface area contributed by atoms with Crippen molar-refractivity contribution in [3.8, 4) is 11.5 Å². The quantitative estimate of drug-likeness (QED) is 0.786. The van der Waals surface area contributed by atoms with Gasteiger partial charge >= 0.3 is 5.97 Å². The van der Waals surface area contributed by atoms with Crippen molar-refractivity contribution in [2.24, 2.45) is 0 Å². The van der Waals surface area contributed by atoms with Crippen molar-refractivity contribution in [2.75, 3.05) is 6.61 Å². The van der Waals surface area contributed by atoms with Crippen LogP contribution >= 0.6 is 0 Å². The predicted octanol–water partition coefficient (Wildman–Crippen LogP) is 3.64. The minimum atomic E-state index is -0.433. The molecule has 19 heavy (non-hydrogen) atoms. The van der Waals surface area contributed by atoms with Crippen LogP contribution in [0.2, 0.25) is 0 Å². The molecule has 0 N–H and O–H groups in total. The van der Waals surface area contributed by atoms with Crippen molar-refractivity contribution in [3.63, 3.8) is 0 Å². The van der Waals surface area contributed by atoms with Crippen LogP contribution in [0, 0.1) is 0 Å². The number of rotatable bonds is 4. The Morgan fingerprint density at radius 3 is 2.58 bits per heavy atom. The molecule has 0 radical (unpaired) electrons. The van der Waals surface area contributed by atoms with E-state index in [2.05, 4.69) is 4.98 Å². The summed E-state index contributed by atoms with van der Waals surface area (Å²) in [5.74, 6) is 0.658. The summed E-state index contributed by atoms with van der Waals surface area (Å²) in [5, 5.41) is 0. The van der Waals surface area contributed by atoms with Crippen molar-refractivity contribution >= 4 is 5.97 Å². The molecule has 4 heteroatoms. The van der Waals surface area contributed by atoms with Gasteiger partial charge in [-0.2, -0.15) is 0 Å². The lowest BCUT2D eigenvalue weighted by atomic mass is 10.1. The molecule has 2 aromatic rings. The molecule has 4 nitrogen and oxygen atoms in total. The van der Waals surface area contributed by atoms with E-state index in [1.165, 1.54) is 0 Å². The lowest BCUT2D eigenvalue weighted by Gasteiger charge is -2.02. The monoisotopic (exact) mass is 259 g/mol. The average Bonchev–Trinajstić information content (AvgIpc) is 2.85. The Morgan fingerprint density at radius 1 is 1.32 bits per heavy atom. The van der Waals surface area contributed by atoms with E-state index < -0.39 is 5.97 Å². The van der Waals surface area contributed by atoms with Crippen LogP contribution in [0.15, 0.2) is 34.7 Å². The maximum Gasteiger partial charge on any atom is 0.360 e. The Bertz CT molecular complexity index is 558. The third-order valence-corrected chi connectivity index (χ3v) is 2.67. The number of aromatic nitrogens is 1. The second-order valence-electron chi connectivity index (χ2n) is 4.47. The van der Waals surface area contributed by atoms with Gasteiger partial charge in [0.25, 0.3) is 0 Å². The zero-order valence-electron chi connectivity index (χ0n) is 11.3. The molecular formula is C15H17NO3. The van der Waals surface area contributed by atoms with Gasteiger partial charge in [0, 0.05) is 11.5 Å². The summed E-state index contributed by atoms with van der Waals surface area (Å²) in [7, 11) is 0. The summed E-state index contributed by atoms with van der Waals surface area (Å²) in [5.41, 5.74) is 1.12. The maximum absolute atomic E-state index is 11.9. The number of benzene rings is 1. The van der Waals surface area contributed by atoms with Gasteiger partial charge in [0.2, 0.25) is 5.89 Å². The standard InChI is InChI=1S/C15H17NO3/c1-4-18-15(17)12-13(10(2)3)19-14(16-12)11-8-6-5-7-9-11/h5-10H,4H2,1-3H3. The van der Waals surface area contributed by atoms with Gasteiger partial charge in [-0.1, -0.05) is 32.0 Å². The SMILES string of the molecule is CCOC(=O)c1nc(-c2ccccc2)oc1C(C)C. The fourth-order valence-electron chi connectivity index (χ4n) is 1.77. The minimum Gasteiger partial charge on any atom is -0.461 e. The van der Waals surface area contributed by atoms with Gasteiger partial charge in [-0.05, 0) is 19.1 Å². The molecule has 0 spiro atoms. The Balaban J connectivity index is 2.44. The molecule has 0 atom stereocenters. The number of oxazole rings is 1. The van der Waals surface area contributed by atoms with E-state index in [0.717, 1.165) is 5.56 Å². The van der Waals surface area contributed by atoms with Crippen LogP contribution in [0.3, 0.4) is 0 Å². The van der Waals surface area contributed by atoms with Gasteiger partial charge < -0.3 is 9.15 Å². The molecule has 0 fully saturated rings. The molecule has 0 saturated heterocycles. The third-order valence-electron chi connectivity index (χ3n) is 2.67. The van der Waals surface area contributed by atoms with E-state index in [4.69, 9.17) is 9.15 Å². The first-order valence-corrected chi connectivity index (χ1v) is 6.36. The number of ether oxygens (including phenoxy) is 1. The number of esters is 1. The Labute approximate surface area is 112 Å². The lowest BCUT2D eigenvalue weighted by molar-refractivity contribution is 0.0517. The summed E-state index contributed by atoms with van der Waals surface area (Å²) in [4.78, 5) is 16.1. The largest absolute Gasteiger partial charge is 0.461 e. The summed E-state index contributed by atoms with van der Waals surface area (Å²) >= 11 is 0. The number of hydrogen-bond acceptors (Lipinski definition) is 4. The zero-order valence-corrected chi connectivity index (χ0v) is 11.3. The molecule has 2 rings (SSSR count). The molecule has 1 aromatic carbocycles. The topological polar surface area (TPSA) is 52.3 Å². The molecule has 1 aromatic heterocycles. The Kier molecular flexibility index (Phi) is 4.00. The summed E-state index contributed by atoms with van der Waals surface area (Å²) in [6.07, 6.45) is 0. The first-order chi connectivity index (χ1) is 9.13. The van der Waals surface area contributed by atoms with Gasteiger partial charge in [-0.15, -0.1) is 0 Å². The molecule has 0 unspecified atom stereocenters. The van der Waals surface area contributed by atoms with Crippen molar-refractivity contribution in [1.29, 1.82) is 0 Å². The number of carbonyl (C=O) groups is 1. The molecule has 0 aliphatic carbocycles. The van der Waals surface area contributed by atoms with Gasteiger partial charge in [0.1, 0.15) is 5.76 Å². The van der Waals surface area contributed by atoms with Crippen LogP contribution in [-0.4, -0.2) is 17.6 Å². The lowest BCUT2D eigenvalue weighted by Crippen LogP contribution is -2.08. The van der Waals surface area contributed by atoms with Gasteiger partial charge in [-0.25, -0.2) is 9.78 Å². The Morgan fingerprint density at radius 2 is 2.00 bits per heavy atom. The van der Waals surface area contributed by atoms with E-state index >= 15 is 0 Å². The van der Waals surface area contributed by atoms with Crippen LogP contribution in [0.5, 0.6) is 0 Å². The van der Waals surface area contributed by atoms with E-state index in [-0.39, 0.29) is 11.6 Å². The molecule has 1 heterocycles. The minimum absolute atomic E-state index is 0.0735. The number of hydrogen-bond donors (Lipinski definition) is 0. The zero-order chi connectivity index (χ0) is 13.8. The highest BCUT2D eigenvalue weighted by Crippen LogP contribution is 2.27. The van der Waals surface area contributed by atoms with Crippen molar-refractivity contribution in [1.82, 2.24) is 4.98 Å². The molecule has 0 aliphatic heterocycles. The number of carbonyl (C=O) groups excluding carboxylic acids is 1. The highest BCUT2D eigenvalue weighted by atomic mass is 16.5. The molecule has 0 bridgehead atoms. The van der Waals surface area contributed by atoms with Crippen LogP contribution in [0.1, 0.15) is 42.9 Å². The molecular weight excluding hydrogens is 242 g/mol. The average molecular weight is 259 g/mol. The van der Waals surface area contributed by atoms with Crippen LogP contribution < -0.4 is 0 Å². The highest BCUT2D eigenvalue weighted by molar-refractivity contribution is 5.89. The molecule has 0 amide bonds. The van der Waals surface area contributed by atoms with Crippen LogP contribution in [-0.2, 0) is 4.74 Å². The van der Waals surface area contributed by atoms with Crippen molar-refractivity contribution in [3.05, 3.63) is 41.8 Å². The number of nitrogens with zero attached hydrogens (tertiary/aromatic N) is 1. The van der Waals surface area contributed by atoms with Gasteiger partial charge in [0.15, 0.2) is 5.69 Å². The molecule has 0 saturated carbocycles. The maximum atomic E-state index is 11.9. The smallest absolute Gasteiger partial charge is 0.360 e. The second-order valence-corrected chi connectivity index (χ2v) is 4.47. The molecule has 0 aliphatic rings.